The van der Waals surface area contributed by atoms with Crippen LogP contribution in [0, 0.1) is 6.92 Å². The number of benzene rings is 2. The van der Waals surface area contributed by atoms with Gasteiger partial charge in [0.1, 0.15) is 12.4 Å². The highest BCUT2D eigenvalue weighted by Crippen LogP contribution is 2.17. The summed E-state index contributed by atoms with van der Waals surface area (Å²) in [5.74, 6) is 0.905. The van der Waals surface area contributed by atoms with Crippen molar-refractivity contribution in [1.82, 2.24) is 19.8 Å². The minimum absolute atomic E-state index is 0.0658. The van der Waals surface area contributed by atoms with Crippen molar-refractivity contribution in [2.24, 2.45) is 0 Å². The number of amides is 2. The first-order valence-corrected chi connectivity index (χ1v) is 10.6. The number of para-hydroxylation sites is 2. The molecular weight excluding hydrogens is 376 g/mol. The highest BCUT2D eigenvalue weighted by atomic mass is 16.2. The van der Waals surface area contributed by atoms with Gasteiger partial charge in [0.2, 0.25) is 5.91 Å². The van der Waals surface area contributed by atoms with Crippen molar-refractivity contribution in [3.05, 3.63) is 65.5 Å². The molecule has 0 aliphatic rings. The van der Waals surface area contributed by atoms with Crippen LogP contribution in [0.25, 0.3) is 11.0 Å². The molecule has 2 aromatic carbocycles. The standard InChI is InChI=1S/C24H30N4O2/c1-4-27(5-2)23(29)17-28-21-13-7-6-12-20(21)26-22(28)14-9-15-25-24(30)19-11-8-10-18(3)16-19/h6-8,10-13,16H,4-5,9,14-15,17H2,1-3H3,(H,25,30). The van der Waals surface area contributed by atoms with E-state index in [2.05, 4.69) is 5.32 Å². The number of carbonyl (C=O) groups is 2. The Morgan fingerprint density at radius 1 is 1.07 bits per heavy atom. The fourth-order valence-corrected chi connectivity index (χ4v) is 3.64. The molecule has 0 aliphatic carbocycles. The van der Waals surface area contributed by atoms with Crippen LogP contribution in [0.3, 0.4) is 0 Å². The van der Waals surface area contributed by atoms with Gasteiger partial charge in [-0.15, -0.1) is 0 Å². The van der Waals surface area contributed by atoms with E-state index < -0.39 is 0 Å². The van der Waals surface area contributed by atoms with Crippen LogP contribution in [0.4, 0.5) is 0 Å². The molecule has 0 saturated heterocycles. The molecule has 0 saturated carbocycles. The SMILES string of the molecule is CCN(CC)C(=O)Cn1c(CCCNC(=O)c2cccc(C)c2)nc2ccccc21. The maximum atomic E-state index is 12.7. The molecule has 1 aromatic heterocycles. The van der Waals surface area contributed by atoms with Crippen LogP contribution in [0.5, 0.6) is 0 Å². The molecule has 0 unspecified atom stereocenters. The van der Waals surface area contributed by atoms with Gasteiger partial charge in [-0.1, -0.05) is 29.8 Å². The van der Waals surface area contributed by atoms with E-state index in [1.54, 1.807) is 0 Å². The summed E-state index contributed by atoms with van der Waals surface area (Å²) in [6.07, 6.45) is 1.44. The van der Waals surface area contributed by atoms with Crippen LogP contribution in [0.2, 0.25) is 0 Å². The van der Waals surface area contributed by atoms with Crippen LogP contribution in [0.15, 0.2) is 48.5 Å². The summed E-state index contributed by atoms with van der Waals surface area (Å²) in [6, 6.07) is 15.5. The van der Waals surface area contributed by atoms with E-state index >= 15 is 0 Å². The lowest BCUT2D eigenvalue weighted by atomic mass is 10.1. The van der Waals surface area contributed by atoms with Gasteiger partial charge in [0, 0.05) is 31.6 Å². The maximum Gasteiger partial charge on any atom is 0.251 e. The first-order valence-electron chi connectivity index (χ1n) is 10.6. The van der Waals surface area contributed by atoms with Gasteiger partial charge in [0.25, 0.3) is 5.91 Å². The first-order chi connectivity index (χ1) is 14.5. The summed E-state index contributed by atoms with van der Waals surface area (Å²) in [6.45, 7) is 8.19. The molecule has 158 valence electrons. The molecule has 6 heteroatoms. The first kappa shape index (κ1) is 21.6. The molecule has 0 radical (unpaired) electrons. The molecule has 0 atom stereocenters. The maximum absolute atomic E-state index is 12.7. The van der Waals surface area contributed by atoms with Crippen LogP contribution in [-0.2, 0) is 17.8 Å². The van der Waals surface area contributed by atoms with Gasteiger partial charge < -0.3 is 14.8 Å². The number of nitrogens with one attached hydrogen (secondary N) is 1. The summed E-state index contributed by atoms with van der Waals surface area (Å²) in [7, 11) is 0. The second-order valence-electron chi connectivity index (χ2n) is 7.40. The van der Waals surface area contributed by atoms with E-state index in [1.807, 2.05) is 78.8 Å². The Hall–Kier alpha value is -3.15. The van der Waals surface area contributed by atoms with Gasteiger partial charge in [-0.3, -0.25) is 9.59 Å². The van der Waals surface area contributed by atoms with Crippen molar-refractivity contribution in [2.45, 2.75) is 40.2 Å². The fourth-order valence-electron chi connectivity index (χ4n) is 3.64. The number of carbonyl (C=O) groups excluding carboxylic acids is 2. The van der Waals surface area contributed by atoms with E-state index in [9.17, 15) is 9.59 Å². The summed E-state index contributed by atoms with van der Waals surface area (Å²) in [5.41, 5.74) is 3.60. The summed E-state index contributed by atoms with van der Waals surface area (Å²) in [5, 5.41) is 2.98. The zero-order valence-corrected chi connectivity index (χ0v) is 18.0. The molecule has 0 spiro atoms. The lowest BCUT2D eigenvalue weighted by Gasteiger charge is -2.20. The third-order valence-electron chi connectivity index (χ3n) is 5.29. The second-order valence-corrected chi connectivity index (χ2v) is 7.40. The fraction of sp³-hybridized carbons (Fsp3) is 0.375. The molecule has 0 aliphatic heterocycles. The predicted molar refractivity (Wildman–Crippen MR) is 119 cm³/mol. The number of aryl methyl sites for hydroxylation is 2. The molecule has 2 amide bonds. The lowest BCUT2D eigenvalue weighted by Crippen LogP contribution is -2.33. The van der Waals surface area contributed by atoms with Crippen molar-refractivity contribution in [3.63, 3.8) is 0 Å². The largest absolute Gasteiger partial charge is 0.352 e. The Bertz CT molecular complexity index is 1020. The quantitative estimate of drug-likeness (QED) is 0.553. The highest BCUT2D eigenvalue weighted by Gasteiger charge is 2.16. The molecule has 30 heavy (non-hydrogen) atoms. The third kappa shape index (κ3) is 5.06. The molecule has 3 aromatic rings. The van der Waals surface area contributed by atoms with Crippen molar-refractivity contribution < 1.29 is 9.59 Å². The number of rotatable bonds is 9. The smallest absolute Gasteiger partial charge is 0.251 e. The van der Waals surface area contributed by atoms with E-state index in [1.165, 1.54) is 0 Å². The number of likely N-dealkylation sites (N-methyl/N-ethyl adjacent to an activating group) is 1. The van der Waals surface area contributed by atoms with Gasteiger partial charge in [-0.25, -0.2) is 4.98 Å². The normalized spacial score (nSPS) is 10.9. The van der Waals surface area contributed by atoms with Gasteiger partial charge >= 0.3 is 0 Å². The molecular formula is C24H30N4O2. The van der Waals surface area contributed by atoms with E-state index in [4.69, 9.17) is 4.98 Å². The third-order valence-corrected chi connectivity index (χ3v) is 5.29. The molecule has 0 fully saturated rings. The monoisotopic (exact) mass is 406 g/mol. The van der Waals surface area contributed by atoms with Crippen molar-refractivity contribution in [1.29, 1.82) is 0 Å². The minimum atomic E-state index is -0.0658. The minimum Gasteiger partial charge on any atom is -0.352 e. The predicted octanol–water partition coefficient (Wildman–Crippen LogP) is 3.58. The summed E-state index contributed by atoms with van der Waals surface area (Å²) < 4.78 is 2.01. The molecule has 0 bridgehead atoms. The topological polar surface area (TPSA) is 67.2 Å². The van der Waals surface area contributed by atoms with Gasteiger partial charge in [-0.05, 0) is 51.5 Å². The van der Waals surface area contributed by atoms with E-state index in [0.29, 0.717) is 31.6 Å². The van der Waals surface area contributed by atoms with Crippen molar-refractivity contribution in [3.8, 4) is 0 Å². The Morgan fingerprint density at radius 3 is 2.57 bits per heavy atom. The summed E-state index contributed by atoms with van der Waals surface area (Å²) >= 11 is 0. The average Bonchev–Trinajstić information content (AvgIpc) is 3.09. The van der Waals surface area contributed by atoms with Crippen LogP contribution < -0.4 is 5.32 Å². The molecule has 6 nitrogen and oxygen atoms in total. The Kier molecular flexibility index (Phi) is 7.22. The Balaban J connectivity index is 1.66. The van der Waals surface area contributed by atoms with Gasteiger partial charge in [0.15, 0.2) is 0 Å². The van der Waals surface area contributed by atoms with Crippen LogP contribution in [0.1, 0.15) is 42.0 Å². The lowest BCUT2D eigenvalue weighted by molar-refractivity contribution is -0.131. The van der Waals surface area contributed by atoms with Gasteiger partial charge in [0.05, 0.1) is 11.0 Å². The Labute approximate surface area is 177 Å². The van der Waals surface area contributed by atoms with Gasteiger partial charge in [-0.2, -0.15) is 0 Å². The van der Waals surface area contributed by atoms with E-state index in [0.717, 1.165) is 28.8 Å². The second kappa shape index (κ2) is 10.1. The summed E-state index contributed by atoms with van der Waals surface area (Å²) in [4.78, 5) is 31.6. The Morgan fingerprint density at radius 2 is 1.83 bits per heavy atom. The molecule has 3 rings (SSSR count). The zero-order chi connectivity index (χ0) is 21.5. The van der Waals surface area contributed by atoms with Crippen LogP contribution >= 0.6 is 0 Å². The number of aromatic nitrogens is 2. The van der Waals surface area contributed by atoms with Crippen molar-refractivity contribution in [2.75, 3.05) is 19.6 Å². The zero-order valence-electron chi connectivity index (χ0n) is 18.0. The number of imidazole rings is 1. The van der Waals surface area contributed by atoms with E-state index in [-0.39, 0.29) is 18.4 Å². The number of hydrogen-bond donors (Lipinski definition) is 1. The van der Waals surface area contributed by atoms with Crippen molar-refractivity contribution >= 4 is 22.8 Å². The number of fused-ring (bicyclic) bond motifs is 1. The molecule has 1 N–H and O–H groups in total. The number of nitrogens with zero attached hydrogens (tertiary/aromatic N) is 3. The molecule has 1 heterocycles. The highest BCUT2D eigenvalue weighted by molar-refractivity contribution is 5.94. The van der Waals surface area contributed by atoms with Crippen LogP contribution in [-0.4, -0.2) is 45.9 Å². The number of hydrogen-bond acceptors (Lipinski definition) is 3. The average molecular weight is 407 g/mol.